The van der Waals surface area contributed by atoms with Crippen molar-refractivity contribution in [2.75, 3.05) is 13.4 Å². The first kappa shape index (κ1) is 13.7. The van der Waals surface area contributed by atoms with Gasteiger partial charge in [-0.1, -0.05) is 23.7 Å². The third kappa shape index (κ3) is 1.91. The number of rotatable bonds is 1. The molecule has 1 atom stereocenters. The van der Waals surface area contributed by atoms with Crippen molar-refractivity contribution in [3.63, 3.8) is 0 Å². The van der Waals surface area contributed by atoms with E-state index in [2.05, 4.69) is 0 Å². The van der Waals surface area contributed by atoms with E-state index in [1.54, 1.807) is 18.2 Å². The molecule has 0 saturated carbocycles. The van der Waals surface area contributed by atoms with Crippen molar-refractivity contribution in [2.45, 2.75) is 5.92 Å². The highest BCUT2D eigenvalue weighted by Gasteiger charge is 2.41. The number of hydrogen-bond donors (Lipinski definition) is 0. The zero-order valence-corrected chi connectivity index (χ0v) is 13.1. The van der Waals surface area contributed by atoms with Crippen molar-refractivity contribution < 1.29 is 23.7 Å². The van der Waals surface area contributed by atoms with Crippen molar-refractivity contribution in [3.05, 3.63) is 63.9 Å². The molecule has 0 N–H and O–H groups in total. The van der Waals surface area contributed by atoms with Crippen LogP contribution in [0.2, 0.25) is 5.02 Å². The van der Waals surface area contributed by atoms with Crippen LogP contribution in [0.3, 0.4) is 0 Å². The molecule has 3 aliphatic heterocycles. The molecule has 0 radical (unpaired) electrons. The van der Waals surface area contributed by atoms with Gasteiger partial charge < -0.3 is 18.9 Å². The molecule has 0 aromatic heterocycles. The lowest BCUT2D eigenvalue weighted by molar-refractivity contribution is -0.136. The van der Waals surface area contributed by atoms with Gasteiger partial charge >= 0.3 is 5.97 Å². The number of benzene rings is 2. The third-order valence-electron chi connectivity index (χ3n) is 4.40. The molecular weight excluding hydrogens is 332 g/mol. The highest BCUT2D eigenvalue weighted by Crippen LogP contribution is 2.50. The van der Waals surface area contributed by atoms with E-state index in [1.807, 2.05) is 18.2 Å². The van der Waals surface area contributed by atoms with Crippen LogP contribution >= 0.6 is 11.6 Å². The summed E-state index contributed by atoms with van der Waals surface area (Å²) in [6.07, 6.45) is 0. The van der Waals surface area contributed by atoms with Gasteiger partial charge in [0.1, 0.15) is 12.4 Å². The van der Waals surface area contributed by atoms with E-state index < -0.39 is 0 Å². The van der Waals surface area contributed by atoms with Crippen LogP contribution < -0.4 is 14.2 Å². The number of halogens is 1. The molecule has 0 amide bonds. The van der Waals surface area contributed by atoms with Crippen molar-refractivity contribution in [1.82, 2.24) is 0 Å². The molecule has 2 aromatic rings. The fourth-order valence-corrected chi connectivity index (χ4v) is 3.43. The number of cyclic esters (lactones) is 1. The Hall–Kier alpha value is -2.66. The molecule has 0 bridgehead atoms. The fraction of sp³-hybridized carbons (Fsp3) is 0.167. The number of ether oxygens (including phenoxy) is 4. The second-order valence-corrected chi connectivity index (χ2v) is 6.18. The number of hydrogen-bond acceptors (Lipinski definition) is 5. The van der Waals surface area contributed by atoms with E-state index in [4.69, 9.17) is 30.5 Å². The van der Waals surface area contributed by atoms with Gasteiger partial charge in [-0.05, 0) is 23.8 Å². The molecule has 5 rings (SSSR count). The molecule has 3 heterocycles. The van der Waals surface area contributed by atoms with Gasteiger partial charge in [0.25, 0.3) is 0 Å². The number of carbonyl (C=O) groups excluding carboxylic acids is 1. The summed E-state index contributed by atoms with van der Waals surface area (Å²) in [5.41, 5.74) is 2.32. The predicted molar refractivity (Wildman–Crippen MR) is 84.5 cm³/mol. The molecule has 0 aliphatic carbocycles. The number of fused-ring (bicyclic) bond motifs is 2. The van der Waals surface area contributed by atoms with Crippen molar-refractivity contribution in [2.24, 2.45) is 0 Å². The Kier molecular flexibility index (Phi) is 2.82. The van der Waals surface area contributed by atoms with E-state index in [-0.39, 0.29) is 25.3 Å². The lowest BCUT2D eigenvalue weighted by Gasteiger charge is -2.26. The number of esters is 1. The van der Waals surface area contributed by atoms with Crippen molar-refractivity contribution in [3.8, 4) is 17.2 Å². The van der Waals surface area contributed by atoms with Crippen LogP contribution in [0.1, 0.15) is 17.0 Å². The van der Waals surface area contributed by atoms with Gasteiger partial charge in [0.15, 0.2) is 17.3 Å². The first-order valence-electron chi connectivity index (χ1n) is 7.48. The minimum Gasteiger partial charge on any atom is -0.457 e. The fourth-order valence-electron chi connectivity index (χ4n) is 3.31. The minimum absolute atomic E-state index is 0.145. The Labute approximate surface area is 142 Å². The van der Waals surface area contributed by atoms with Gasteiger partial charge in [0.2, 0.25) is 6.79 Å². The summed E-state index contributed by atoms with van der Waals surface area (Å²) < 4.78 is 22.0. The maximum atomic E-state index is 12.3. The molecule has 0 fully saturated rings. The summed E-state index contributed by atoms with van der Waals surface area (Å²) in [4.78, 5) is 12.3. The van der Waals surface area contributed by atoms with Gasteiger partial charge in [0, 0.05) is 22.6 Å². The molecule has 2 aromatic carbocycles. The summed E-state index contributed by atoms with van der Waals surface area (Å²) in [5.74, 6) is 1.84. The van der Waals surface area contributed by atoms with Crippen LogP contribution in [0, 0.1) is 0 Å². The molecular formula is C18H11ClO5. The summed E-state index contributed by atoms with van der Waals surface area (Å²) in [6, 6.07) is 11.1. The van der Waals surface area contributed by atoms with E-state index in [0.29, 0.717) is 33.6 Å². The first-order chi connectivity index (χ1) is 11.7. The highest BCUT2D eigenvalue weighted by molar-refractivity contribution is 6.30. The van der Waals surface area contributed by atoms with E-state index in [9.17, 15) is 4.79 Å². The average molecular weight is 343 g/mol. The number of carbonyl (C=O) groups is 1. The quantitative estimate of drug-likeness (QED) is 0.743. The Bertz CT molecular complexity index is 900. The van der Waals surface area contributed by atoms with Crippen LogP contribution in [-0.2, 0) is 9.53 Å². The smallest absolute Gasteiger partial charge is 0.339 e. The Morgan fingerprint density at radius 2 is 1.71 bits per heavy atom. The molecule has 24 heavy (non-hydrogen) atoms. The third-order valence-corrected chi connectivity index (χ3v) is 4.65. The molecule has 0 unspecified atom stereocenters. The van der Waals surface area contributed by atoms with Crippen LogP contribution in [0.5, 0.6) is 17.2 Å². The maximum absolute atomic E-state index is 12.3. The summed E-state index contributed by atoms with van der Waals surface area (Å²) >= 11 is 6.00. The summed E-state index contributed by atoms with van der Waals surface area (Å²) in [7, 11) is 0. The van der Waals surface area contributed by atoms with Crippen LogP contribution in [-0.4, -0.2) is 19.4 Å². The topological polar surface area (TPSA) is 54.0 Å². The maximum Gasteiger partial charge on any atom is 0.339 e. The highest BCUT2D eigenvalue weighted by atomic mass is 35.5. The second kappa shape index (κ2) is 4.92. The summed E-state index contributed by atoms with van der Waals surface area (Å²) in [6.45, 7) is 0.325. The average Bonchev–Trinajstić information content (AvgIpc) is 3.18. The molecule has 120 valence electrons. The van der Waals surface area contributed by atoms with E-state index in [0.717, 1.165) is 11.1 Å². The molecule has 3 aliphatic rings. The minimum atomic E-state index is -0.353. The lowest BCUT2D eigenvalue weighted by Crippen LogP contribution is -2.18. The van der Waals surface area contributed by atoms with Crippen molar-refractivity contribution in [1.29, 1.82) is 0 Å². The zero-order valence-electron chi connectivity index (χ0n) is 12.4. The largest absolute Gasteiger partial charge is 0.457 e. The SMILES string of the molecule is O=C1OCC2=C1[C@H](c1ccc(Cl)cc1)c1cc3c(cc1O2)OCO3. The first-order valence-corrected chi connectivity index (χ1v) is 7.85. The van der Waals surface area contributed by atoms with Crippen LogP contribution in [0.25, 0.3) is 0 Å². The predicted octanol–water partition coefficient (Wildman–Crippen LogP) is 3.40. The molecule has 0 saturated heterocycles. The Morgan fingerprint density at radius 1 is 0.958 bits per heavy atom. The monoisotopic (exact) mass is 342 g/mol. The van der Waals surface area contributed by atoms with E-state index >= 15 is 0 Å². The van der Waals surface area contributed by atoms with Gasteiger partial charge in [-0.3, -0.25) is 0 Å². The molecule has 6 heteroatoms. The molecule has 5 nitrogen and oxygen atoms in total. The zero-order chi connectivity index (χ0) is 16.3. The van der Waals surface area contributed by atoms with Crippen molar-refractivity contribution >= 4 is 17.6 Å². The lowest BCUT2D eigenvalue weighted by atomic mass is 9.82. The second-order valence-electron chi connectivity index (χ2n) is 5.74. The Morgan fingerprint density at radius 3 is 2.50 bits per heavy atom. The van der Waals surface area contributed by atoms with E-state index in [1.165, 1.54) is 0 Å². The molecule has 0 spiro atoms. The van der Waals surface area contributed by atoms with Crippen LogP contribution in [0.4, 0.5) is 0 Å². The van der Waals surface area contributed by atoms with Gasteiger partial charge in [-0.15, -0.1) is 0 Å². The Balaban J connectivity index is 1.73. The summed E-state index contributed by atoms with van der Waals surface area (Å²) in [5, 5.41) is 0.639. The standard InChI is InChI=1S/C18H11ClO5/c19-10-3-1-9(2-4-10)16-11-5-13-14(23-8-22-13)6-12(11)24-15-7-21-18(20)17(15)16/h1-6,16H,7-8H2/t16-/m1/s1. The van der Waals surface area contributed by atoms with Gasteiger partial charge in [-0.2, -0.15) is 0 Å². The van der Waals surface area contributed by atoms with Gasteiger partial charge in [-0.25, -0.2) is 4.79 Å². The van der Waals surface area contributed by atoms with Gasteiger partial charge in [0.05, 0.1) is 5.57 Å². The van der Waals surface area contributed by atoms with Crippen LogP contribution in [0.15, 0.2) is 47.7 Å². The normalized spacial score (nSPS) is 20.4.